The van der Waals surface area contributed by atoms with Crippen molar-refractivity contribution in [3.63, 3.8) is 0 Å². The summed E-state index contributed by atoms with van der Waals surface area (Å²) in [6.07, 6.45) is -9.15. The maximum absolute atomic E-state index is 12.6. The van der Waals surface area contributed by atoms with Crippen molar-refractivity contribution in [1.82, 2.24) is 4.98 Å². The molecule has 22 heavy (non-hydrogen) atoms. The lowest BCUT2D eigenvalue weighted by Gasteiger charge is -2.11. The number of pyridine rings is 1. The average molecular weight is 323 g/mol. The van der Waals surface area contributed by atoms with Crippen molar-refractivity contribution >= 4 is 0 Å². The van der Waals surface area contributed by atoms with Crippen molar-refractivity contribution < 1.29 is 31.1 Å². The topological polar surface area (TPSA) is 42.1 Å². The lowest BCUT2D eigenvalue weighted by molar-refractivity contribution is -0.274. The molecule has 0 unspecified atom stereocenters. The minimum Gasteiger partial charge on any atom is -0.406 e. The average Bonchev–Trinajstić information content (AvgIpc) is 2.36. The van der Waals surface area contributed by atoms with Gasteiger partial charge >= 0.3 is 12.5 Å². The molecule has 1 heterocycles. The lowest BCUT2D eigenvalue weighted by atomic mass is 10.1. The molecule has 1 aromatic heterocycles. The van der Waals surface area contributed by atoms with Crippen molar-refractivity contribution in [2.45, 2.75) is 12.5 Å². The van der Waals surface area contributed by atoms with Crippen LogP contribution in [0.2, 0.25) is 0 Å². The zero-order valence-corrected chi connectivity index (χ0v) is 10.5. The first kappa shape index (κ1) is 15.9. The number of halogens is 6. The van der Waals surface area contributed by atoms with Crippen molar-refractivity contribution in [3.8, 4) is 16.9 Å². The first-order valence-corrected chi connectivity index (χ1v) is 5.72. The normalized spacial score (nSPS) is 12.3. The molecule has 0 fully saturated rings. The molecule has 1 N–H and O–H groups in total. The first-order valence-electron chi connectivity index (χ1n) is 5.72. The van der Waals surface area contributed by atoms with Gasteiger partial charge in [-0.3, -0.25) is 4.79 Å². The van der Waals surface area contributed by atoms with Crippen LogP contribution >= 0.6 is 0 Å². The van der Waals surface area contributed by atoms with Crippen molar-refractivity contribution in [2.24, 2.45) is 0 Å². The number of hydrogen-bond donors (Lipinski definition) is 1. The fraction of sp³-hybridized carbons (Fsp3) is 0.154. The minimum atomic E-state index is -4.95. The third-order valence-corrected chi connectivity index (χ3v) is 2.61. The predicted molar refractivity (Wildman–Crippen MR) is 64.2 cm³/mol. The monoisotopic (exact) mass is 323 g/mol. The summed E-state index contributed by atoms with van der Waals surface area (Å²) in [5.41, 5.74) is -2.53. The van der Waals surface area contributed by atoms with Gasteiger partial charge in [0.15, 0.2) is 0 Å². The molecule has 0 saturated heterocycles. The van der Waals surface area contributed by atoms with E-state index in [0.29, 0.717) is 12.3 Å². The molecule has 0 spiro atoms. The molecular weight excluding hydrogens is 316 g/mol. The van der Waals surface area contributed by atoms with Crippen LogP contribution in [0.25, 0.3) is 11.1 Å². The van der Waals surface area contributed by atoms with Crippen LogP contribution in [0.3, 0.4) is 0 Å². The maximum atomic E-state index is 12.6. The van der Waals surface area contributed by atoms with E-state index in [1.165, 1.54) is 6.07 Å². The number of alkyl halides is 6. The first-order chi connectivity index (χ1) is 10.1. The van der Waals surface area contributed by atoms with Crippen LogP contribution < -0.4 is 10.3 Å². The smallest absolute Gasteiger partial charge is 0.406 e. The molecule has 0 atom stereocenters. The Morgan fingerprint density at radius 2 is 1.68 bits per heavy atom. The quantitative estimate of drug-likeness (QED) is 0.850. The number of aromatic nitrogens is 1. The van der Waals surface area contributed by atoms with Gasteiger partial charge in [0, 0.05) is 11.8 Å². The van der Waals surface area contributed by atoms with E-state index in [1.54, 1.807) is 0 Å². The maximum Gasteiger partial charge on any atom is 0.573 e. The Bertz CT molecular complexity index is 732. The van der Waals surface area contributed by atoms with Crippen LogP contribution in [0, 0.1) is 0 Å². The standard InChI is InChI=1S/C13H7F6NO2/c14-12(15,16)8-5-10(11(21)20-6-8)7-2-1-3-9(4-7)22-13(17,18)19/h1-6H,(H,20,21). The van der Waals surface area contributed by atoms with E-state index < -0.39 is 35.0 Å². The van der Waals surface area contributed by atoms with Gasteiger partial charge < -0.3 is 9.72 Å². The van der Waals surface area contributed by atoms with Crippen LogP contribution in [0.15, 0.2) is 41.3 Å². The summed E-state index contributed by atoms with van der Waals surface area (Å²) in [5, 5.41) is 0. The summed E-state index contributed by atoms with van der Waals surface area (Å²) in [6, 6.07) is 4.70. The summed E-state index contributed by atoms with van der Waals surface area (Å²) in [7, 11) is 0. The van der Waals surface area contributed by atoms with Crippen LogP contribution in [0.5, 0.6) is 5.75 Å². The Morgan fingerprint density at radius 1 is 1.00 bits per heavy atom. The molecule has 1 aromatic carbocycles. The van der Waals surface area contributed by atoms with Gasteiger partial charge in [0.05, 0.1) is 5.56 Å². The highest BCUT2D eigenvalue weighted by atomic mass is 19.4. The largest absolute Gasteiger partial charge is 0.573 e. The highest BCUT2D eigenvalue weighted by Gasteiger charge is 2.32. The zero-order valence-electron chi connectivity index (χ0n) is 10.5. The second-order valence-corrected chi connectivity index (χ2v) is 4.20. The molecule has 0 saturated carbocycles. The fourth-order valence-corrected chi connectivity index (χ4v) is 1.72. The van der Waals surface area contributed by atoms with E-state index in [2.05, 4.69) is 4.74 Å². The van der Waals surface area contributed by atoms with Crippen LogP contribution in [-0.2, 0) is 6.18 Å². The van der Waals surface area contributed by atoms with Crippen LogP contribution in [0.1, 0.15) is 5.56 Å². The molecule has 3 nitrogen and oxygen atoms in total. The summed E-state index contributed by atoms with van der Waals surface area (Å²) in [4.78, 5) is 13.5. The summed E-state index contributed by atoms with van der Waals surface area (Å²) >= 11 is 0. The number of aromatic amines is 1. The molecule has 2 rings (SSSR count). The van der Waals surface area contributed by atoms with Gasteiger partial charge in [0.25, 0.3) is 5.56 Å². The van der Waals surface area contributed by atoms with Gasteiger partial charge in [0.1, 0.15) is 5.75 Å². The minimum absolute atomic E-state index is 0.130. The second-order valence-electron chi connectivity index (χ2n) is 4.20. The fourth-order valence-electron chi connectivity index (χ4n) is 1.72. The van der Waals surface area contributed by atoms with E-state index in [-0.39, 0.29) is 5.56 Å². The number of hydrogen-bond acceptors (Lipinski definition) is 2. The number of rotatable bonds is 2. The van der Waals surface area contributed by atoms with E-state index in [0.717, 1.165) is 18.2 Å². The number of H-pyrrole nitrogens is 1. The van der Waals surface area contributed by atoms with Gasteiger partial charge in [-0.05, 0) is 23.8 Å². The van der Waals surface area contributed by atoms with E-state index in [1.807, 2.05) is 4.98 Å². The molecule has 0 radical (unpaired) electrons. The Hall–Kier alpha value is -2.45. The van der Waals surface area contributed by atoms with Gasteiger partial charge in [-0.15, -0.1) is 13.2 Å². The Kier molecular flexibility index (Phi) is 3.90. The van der Waals surface area contributed by atoms with Gasteiger partial charge in [-0.2, -0.15) is 13.2 Å². The Morgan fingerprint density at radius 3 is 2.27 bits per heavy atom. The molecule has 0 amide bonds. The van der Waals surface area contributed by atoms with E-state index >= 15 is 0 Å². The molecule has 9 heteroatoms. The van der Waals surface area contributed by atoms with Crippen molar-refractivity contribution in [1.29, 1.82) is 0 Å². The molecule has 2 aromatic rings. The van der Waals surface area contributed by atoms with E-state index in [9.17, 15) is 31.1 Å². The molecule has 118 valence electrons. The van der Waals surface area contributed by atoms with Crippen molar-refractivity contribution in [2.75, 3.05) is 0 Å². The van der Waals surface area contributed by atoms with Crippen molar-refractivity contribution in [3.05, 3.63) is 52.4 Å². The molecule has 0 aliphatic heterocycles. The highest BCUT2D eigenvalue weighted by Crippen LogP contribution is 2.31. The summed E-state index contributed by atoms with van der Waals surface area (Å²) in [5.74, 6) is -0.637. The van der Waals surface area contributed by atoms with Gasteiger partial charge in [0.2, 0.25) is 0 Å². The predicted octanol–water partition coefficient (Wildman–Crippen LogP) is 3.96. The van der Waals surface area contributed by atoms with E-state index in [4.69, 9.17) is 0 Å². The number of ether oxygens (including phenoxy) is 1. The highest BCUT2D eigenvalue weighted by molar-refractivity contribution is 5.64. The summed E-state index contributed by atoms with van der Waals surface area (Å²) in [6.45, 7) is 0. The molecule has 0 aliphatic carbocycles. The van der Waals surface area contributed by atoms with Gasteiger partial charge in [-0.25, -0.2) is 0 Å². The second kappa shape index (κ2) is 5.39. The summed E-state index contributed by atoms with van der Waals surface area (Å²) < 4.78 is 77.9. The zero-order chi connectivity index (χ0) is 16.5. The number of benzene rings is 1. The molecular formula is C13H7F6NO2. The van der Waals surface area contributed by atoms with Crippen LogP contribution in [0.4, 0.5) is 26.3 Å². The third-order valence-electron chi connectivity index (χ3n) is 2.61. The Labute approximate surface area is 119 Å². The molecule has 0 bridgehead atoms. The lowest BCUT2D eigenvalue weighted by Crippen LogP contribution is -2.17. The van der Waals surface area contributed by atoms with Gasteiger partial charge in [-0.1, -0.05) is 12.1 Å². The SMILES string of the molecule is O=c1[nH]cc(C(F)(F)F)cc1-c1cccc(OC(F)(F)F)c1. The van der Waals surface area contributed by atoms with Crippen LogP contribution in [-0.4, -0.2) is 11.3 Å². The number of nitrogens with one attached hydrogen (secondary N) is 1. The third kappa shape index (κ3) is 3.80. The molecule has 0 aliphatic rings. The Balaban J connectivity index is 2.48.